The number of halogens is 6. The summed E-state index contributed by atoms with van der Waals surface area (Å²) in [6.07, 6.45) is -11.8. The summed E-state index contributed by atoms with van der Waals surface area (Å²) < 4.78 is 94.0. The molecule has 0 aromatic heterocycles. The van der Waals surface area contributed by atoms with Crippen LogP contribution in [0, 0.1) is 33.5 Å². The Bertz CT molecular complexity index is 1710. The molecule has 1 saturated heterocycles. The lowest BCUT2D eigenvalue weighted by molar-refractivity contribution is -0.222. The summed E-state index contributed by atoms with van der Waals surface area (Å²) in [5.74, 6) is -4.32. The molecule has 1 aromatic carbocycles. The first-order valence-corrected chi connectivity index (χ1v) is 21.7. The lowest BCUT2D eigenvalue weighted by Crippen LogP contribution is -2.48. The molecule has 8 unspecified atom stereocenters. The zero-order chi connectivity index (χ0) is 49.5. The largest absolute Gasteiger partial charge is 0.481 e. The summed E-state index contributed by atoms with van der Waals surface area (Å²) in [5.41, 5.74) is -0.682. The molecule has 0 radical (unpaired) electrons. The fourth-order valence-electron chi connectivity index (χ4n) is 6.42. The van der Waals surface area contributed by atoms with Crippen molar-refractivity contribution in [3.8, 4) is 0 Å². The number of carbonyl (C=O) groups is 5. The molecular weight excluding hydrogens is 838 g/mol. The van der Waals surface area contributed by atoms with E-state index in [1.807, 2.05) is 13.8 Å². The van der Waals surface area contributed by atoms with E-state index in [0.29, 0.717) is 31.6 Å². The number of rotatable bonds is 12. The summed E-state index contributed by atoms with van der Waals surface area (Å²) in [7, 11) is 0. The molecule has 1 heterocycles. The number of carbonyl (C=O) groups excluding carboxylic acids is 4. The third kappa shape index (κ3) is 14.6. The van der Waals surface area contributed by atoms with Crippen LogP contribution in [0.1, 0.15) is 166 Å². The Morgan fingerprint density at radius 2 is 1.17 bits per heavy atom. The molecule has 3 aliphatic rings. The number of fused-ring (bicyclic) bond motifs is 1. The van der Waals surface area contributed by atoms with Gasteiger partial charge in [-0.05, 0) is 116 Å². The molecule has 4 rings (SSSR count). The molecule has 3 fully saturated rings. The van der Waals surface area contributed by atoms with Crippen LogP contribution in [0.25, 0.3) is 0 Å². The average molecular weight is 911 g/mol. The second-order valence-corrected chi connectivity index (χ2v) is 19.9. The van der Waals surface area contributed by atoms with Crippen LogP contribution < -0.4 is 0 Å². The molecule has 2 bridgehead atoms. The van der Waals surface area contributed by atoms with Crippen LogP contribution in [0.4, 0.5) is 26.3 Å². The van der Waals surface area contributed by atoms with Gasteiger partial charge < -0.3 is 24.1 Å². The second-order valence-electron chi connectivity index (χ2n) is 19.9. The average Bonchev–Trinajstić information content (AvgIpc) is 3.80. The lowest BCUT2D eigenvalue weighted by atomic mass is 9.73. The van der Waals surface area contributed by atoms with E-state index in [2.05, 4.69) is 68.4 Å². The number of aliphatic carboxylic acids is 1. The first-order chi connectivity index (χ1) is 28.4. The van der Waals surface area contributed by atoms with Crippen molar-refractivity contribution in [2.45, 2.75) is 197 Å². The van der Waals surface area contributed by atoms with Gasteiger partial charge in [-0.15, -0.1) is 0 Å². The van der Waals surface area contributed by atoms with Gasteiger partial charge in [0, 0.05) is 11.8 Å². The minimum Gasteiger partial charge on any atom is -0.481 e. The van der Waals surface area contributed by atoms with Gasteiger partial charge in [-0.1, -0.05) is 79.7 Å². The number of esters is 4. The van der Waals surface area contributed by atoms with Crippen LogP contribution in [0.15, 0.2) is 24.3 Å². The molecule has 2 saturated carbocycles. The predicted molar refractivity (Wildman–Crippen MR) is 225 cm³/mol. The molecule has 362 valence electrons. The molecule has 16 heteroatoms. The van der Waals surface area contributed by atoms with E-state index >= 15 is 0 Å². The molecule has 0 amide bonds. The highest BCUT2D eigenvalue weighted by atomic mass is 19.4. The van der Waals surface area contributed by atoms with Crippen molar-refractivity contribution < 1.29 is 74.4 Å². The van der Waals surface area contributed by atoms with E-state index in [9.17, 15) is 50.3 Å². The number of alkyl halides is 6. The molecule has 2 aliphatic carbocycles. The van der Waals surface area contributed by atoms with Gasteiger partial charge in [0.05, 0.1) is 16.2 Å². The Kier molecular flexibility index (Phi) is 19.4. The Morgan fingerprint density at radius 3 is 1.56 bits per heavy atom. The maximum absolute atomic E-state index is 12.7. The molecule has 1 N–H and O–H groups in total. The summed E-state index contributed by atoms with van der Waals surface area (Å²) in [6.45, 7) is 28.3. The maximum atomic E-state index is 12.7. The van der Waals surface area contributed by atoms with Crippen molar-refractivity contribution >= 4 is 29.8 Å². The molecule has 63 heavy (non-hydrogen) atoms. The Hall–Kier alpha value is -3.85. The Labute approximate surface area is 369 Å². The Balaban J connectivity index is 0.000000467. The number of ether oxygens (including phenoxy) is 4. The smallest absolute Gasteiger partial charge is 0.425 e. The number of benzene rings is 1. The van der Waals surface area contributed by atoms with Crippen LogP contribution in [0.3, 0.4) is 0 Å². The maximum Gasteiger partial charge on any atom is 0.425 e. The highest BCUT2D eigenvalue weighted by Gasteiger charge is 2.76. The van der Waals surface area contributed by atoms with Gasteiger partial charge >= 0.3 is 42.2 Å². The lowest BCUT2D eigenvalue weighted by Gasteiger charge is -2.33. The summed E-state index contributed by atoms with van der Waals surface area (Å²) in [4.78, 5) is 58.8. The van der Waals surface area contributed by atoms with Crippen LogP contribution >= 0.6 is 0 Å². The van der Waals surface area contributed by atoms with Crippen LogP contribution in [-0.4, -0.2) is 71.7 Å². The number of carboxylic acid groups (broad SMARTS) is 1. The molecular formula is C47H72F6O10. The monoisotopic (exact) mass is 911 g/mol. The molecule has 8 atom stereocenters. The van der Waals surface area contributed by atoms with E-state index in [-0.39, 0.29) is 17.8 Å². The molecule has 10 nitrogen and oxygen atoms in total. The first-order valence-electron chi connectivity index (χ1n) is 21.7. The van der Waals surface area contributed by atoms with Crippen molar-refractivity contribution in [3.63, 3.8) is 0 Å². The Morgan fingerprint density at radius 1 is 0.730 bits per heavy atom. The standard InChI is InChI=1S/C18H23F3O6.C14H22.C9H15F3O2.C6H12O2/c1-5-16(3,4)13(22)26-11-9-6-10-12(11)27-15(24)17(10,7-9)14(23)25-8(2)18(19,20)21;1-6-11(2)12-7-9-13(10-8-12)14(3,4)5;1-5-8(3,4)7(13)14-6(2)9(10,11)12;1-4-6(2,3)5(7)8/h8-12H,5-7H2,1-4H3;7-11H,6H2,1-5H3;6H,5H2,1-4H3;4H2,1-3H3,(H,7,8). The van der Waals surface area contributed by atoms with Crippen molar-refractivity contribution in [3.05, 3.63) is 35.4 Å². The molecule has 1 aliphatic heterocycles. The summed E-state index contributed by atoms with van der Waals surface area (Å²) in [6, 6.07) is 9.08. The zero-order valence-corrected chi connectivity index (χ0v) is 40.0. The van der Waals surface area contributed by atoms with Gasteiger partial charge in [-0.3, -0.25) is 24.0 Å². The minimum absolute atomic E-state index is 0.0269. The van der Waals surface area contributed by atoms with E-state index < -0.39 is 94.2 Å². The van der Waals surface area contributed by atoms with Gasteiger partial charge in [0.25, 0.3) is 0 Å². The fraction of sp³-hybridized carbons (Fsp3) is 0.766. The summed E-state index contributed by atoms with van der Waals surface area (Å²) >= 11 is 0. The summed E-state index contributed by atoms with van der Waals surface area (Å²) in [5, 5.41) is 8.44. The number of hydrogen-bond donors (Lipinski definition) is 1. The van der Waals surface area contributed by atoms with Gasteiger partial charge in [0.15, 0.2) is 17.6 Å². The van der Waals surface area contributed by atoms with Gasteiger partial charge in [0.2, 0.25) is 0 Å². The second kappa shape index (κ2) is 21.4. The highest BCUT2D eigenvalue weighted by Crippen LogP contribution is 2.63. The van der Waals surface area contributed by atoms with Crippen LogP contribution in [-0.2, 0) is 48.3 Å². The van der Waals surface area contributed by atoms with Crippen molar-refractivity contribution in [2.24, 2.45) is 33.5 Å². The third-order valence-electron chi connectivity index (χ3n) is 13.0. The van der Waals surface area contributed by atoms with Crippen molar-refractivity contribution in [2.75, 3.05) is 0 Å². The predicted octanol–water partition coefficient (Wildman–Crippen LogP) is 11.7. The quantitative estimate of drug-likeness (QED) is 0.0932. The fourth-order valence-corrected chi connectivity index (χ4v) is 6.42. The van der Waals surface area contributed by atoms with Gasteiger partial charge in [0.1, 0.15) is 12.2 Å². The van der Waals surface area contributed by atoms with E-state index in [1.54, 1.807) is 48.5 Å². The number of hydrogen-bond acceptors (Lipinski definition) is 9. The molecule has 0 spiro atoms. The van der Waals surface area contributed by atoms with Gasteiger partial charge in [-0.25, -0.2) is 0 Å². The highest BCUT2D eigenvalue weighted by molar-refractivity contribution is 6.03. The van der Waals surface area contributed by atoms with E-state index in [0.717, 1.165) is 13.8 Å². The SMILES string of the molecule is CCC(C)(C)C(=O)O.CCC(C)(C)C(=O)OC(C)C(F)(F)F.CCC(C)(C)C(=O)OC1C2CC3C1OC(=O)C3(C(=O)OC(C)C(F)(F)F)C2.CCC(C)c1ccc(C(C)(C)C)cc1. The van der Waals surface area contributed by atoms with Crippen molar-refractivity contribution in [1.29, 1.82) is 0 Å². The van der Waals surface area contributed by atoms with E-state index in [4.69, 9.17) is 14.6 Å². The van der Waals surface area contributed by atoms with E-state index in [1.165, 1.54) is 17.5 Å². The zero-order valence-electron chi connectivity index (χ0n) is 40.0. The van der Waals surface area contributed by atoms with Gasteiger partial charge in [-0.2, -0.15) is 26.3 Å². The minimum atomic E-state index is -4.71. The van der Waals surface area contributed by atoms with Crippen molar-refractivity contribution in [1.82, 2.24) is 0 Å². The number of carboxylic acids is 1. The first kappa shape index (κ1) is 57.2. The van der Waals surface area contributed by atoms with Crippen LogP contribution in [0.5, 0.6) is 0 Å². The van der Waals surface area contributed by atoms with Crippen LogP contribution in [0.2, 0.25) is 0 Å². The topological polar surface area (TPSA) is 142 Å². The molecule has 1 aromatic rings. The normalized spacial score (nSPS) is 23.2. The third-order valence-corrected chi connectivity index (χ3v) is 13.0.